The third-order valence-electron chi connectivity index (χ3n) is 2.25. The molecule has 0 fully saturated rings. The molecule has 2 aromatic rings. The van der Waals surface area contributed by atoms with E-state index in [0.717, 1.165) is 16.3 Å². The molecule has 15 heavy (non-hydrogen) atoms. The molecule has 0 atom stereocenters. The van der Waals surface area contributed by atoms with Gasteiger partial charge in [-0.3, -0.25) is 0 Å². The summed E-state index contributed by atoms with van der Waals surface area (Å²) in [5.41, 5.74) is 8.05. The van der Waals surface area contributed by atoms with Crippen LogP contribution in [0.5, 0.6) is 0 Å². The average Bonchev–Trinajstić information content (AvgIpc) is 2.58. The summed E-state index contributed by atoms with van der Waals surface area (Å²) in [4.78, 5) is 5.19. The van der Waals surface area contributed by atoms with Crippen molar-refractivity contribution in [3.8, 4) is 0 Å². The van der Waals surface area contributed by atoms with Gasteiger partial charge in [0.15, 0.2) is 5.13 Å². The molecule has 2 N–H and O–H groups in total. The minimum atomic E-state index is 0.615. The van der Waals surface area contributed by atoms with E-state index in [4.69, 9.17) is 17.3 Å². The maximum absolute atomic E-state index is 5.95. The molecular formula is C11H11ClN2S. The van der Waals surface area contributed by atoms with Gasteiger partial charge in [-0.2, -0.15) is 0 Å². The van der Waals surface area contributed by atoms with Gasteiger partial charge in [0.2, 0.25) is 0 Å². The number of benzene rings is 1. The van der Waals surface area contributed by atoms with E-state index in [2.05, 4.69) is 11.9 Å². The Balaban J connectivity index is 2.27. The number of nitrogens with two attached hydrogens (primary N) is 1. The Labute approximate surface area is 97.7 Å². The summed E-state index contributed by atoms with van der Waals surface area (Å²) in [6, 6.07) is 5.93. The van der Waals surface area contributed by atoms with Crippen LogP contribution < -0.4 is 5.73 Å². The van der Waals surface area contributed by atoms with Crippen LogP contribution in [-0.2, 0) is 6.42 Å². The molecule has 2 rings (SSSR count). The van der Waals surface area contributed by atoms with Crippen LogP contribution in [0.2, 0.25) is 5.02 Å². The summed E-state index contributed by atoms with van der Waals surface area (Å²) in [6.45, 7) is 2.08. The summed E-state index contributed by atoms with van der Waals surface area (Å²) in [5.74, 6) is 0. The van der Waals surface area contributed by atoms with E-state index in [1.165, 1.54) is 22.5 Å². The number of anilines is 1. The Bertz CT molecular complexity index is 479. The van der Waals surface area contributed by atoms with Crippen molar-refractivity contribution in [3.63, 3.8) is 0 Å². The van der Waals surface area contributed by atoms with Crippen LogP contribution in [0, 0.1) is 6.92 Å². The second-order valence-corrected chi connectivity index (χ2v) is 5.00. The molecule has 1 aromatic heterocycles. The van der Waals surface area contributed by atoms with Crippen LogP contribution in [-0.4, -0.2) is 4.98 Å². The standard InChI is InChI=1S/C11H11ClN2S/c1-7-2-3-9(12)4-8(7)5-10-6-14-11(13)15-10/h2-4,6H,5H2,1H3,(H2,13,14). The van der Waals surface area contributed by atoms with E-state index in [9.17, 15) is 0 Å². The molecule has 0 aliphatic carbocycles. The Morgan fingerprint density at radius 1 is 1.47 bits per heavy atom. The molecule has 0 saturated carbocycles. The van der Waals surface area contributed by atoms with Crippen LogP contribution in [0.1, 0.15) is 16.0 Å². The van der Waals surface area contributed by atoms with E-state index in [0.29, 0.717) is 5.13 Å². The van der Waals surface area contributed by atoms with Gasteiger partial charge in [0.1, 0.15) is 0 Å². The van der Waals surface area contributed by atoms with Gasteiger partial charge in [-0.05, 0) is 30.2 Å². The number of aryl methyl sites for hydroxylation is 1. The van der Waals surface area contributed by atoms with E-state index >= 15 is 0 Å². The van der Waals surface area contributed by atoms with Gasteiger partial charge in [-0.1, -0.05) is 17.7 Å². The van der Waals surface area contributed by atoms with Crippen LogP contribution in [0.3, 0.4) is 0 Å². The van der Waals surface area contributed by atoms with Crippen molar-refractivity contribution >= 4 is 28.1 Å². The first kappa shape index (κ1) is 10.5. The lowest BCUT2D eigenvalue weighted by molar-refractivity contribution is 1.18. The lowest BCUT2D eigenvalue weighted by atomic mass is 10.1. The third kappa shape index (κ3) is 2.49. The number of halogens is 1. The van der Waals surface area contributed by atoms with Crippen molar-refractivity contribution in [2.45, 2.75) is 13.3 Å². The average molecular weight is 239 g/mol. The lowest BCUT2D eigenvalue weighted by Gasteiger charge is -2.03. The molecule has 78 valence electrons. The summed E-state index contributed by atoms with van der Waals surface area (Å²) in [6.07, 6.45) is 2.67. The number of aromatic nitrogens is 1. The summed E-state index contributed by atoms with van der Waals surface area (Å²) >= 11 is 7.47. The van der Waals surface area contributed by atoms with Crippen LogP contribution >= 0.6 is 22.9 Å². The molecule has 0 saturated heterocycles. The zero-order valence-electron chi connectivity index (χ0n) is 8.33. The van der Waals surface area contributed by atoms with E-state index in [1.807, 2.05) is 24.4 Å². The van der Waals surface area contributed by atoms with Gasteiger partial charge >= 0.3 is 0 Å². The molecule has 4 heteroatoms. The molecule has 1 aromatic carbocycles. The van der Waals surface area contributed by atoms with Crippen molar-refractivity contribution in [2.24, 2.45) is 0 Å². The molecule has 1 heterocycles. The molecule has 0 radical (unpaired) electrons. The van der Waals surface area contributed by atoms with E-state index < -0.39 is 0 Å². The monoisotopic (exact) mass is 238 g/mol. The quantitative estimate of drug-likeness (QED) is 0.872. The molecule has 0 aliphatic rings. The van der Waals surface area contributed by atoms with Crippen LogP contribution in [0.25, 0.3) is 0 Å². The van der Waals surface area contributed by atoms with Gasteiger partial charge in [0.05, 0.1) is 0 Å². The summed E-state index contributed by atoms with van der Waals surface area (Å²) in [7, 11) is 0. The molecule has 0 aliphatic heterocycles. The van der Waals surface area contributed by atoms with Gasteiger partial charge in [0.25, 0.3) is 0 Å². The van der Waals surface area contributed by atoms with Crippen molar-refractivity contribution < 1.29 is 0 Å². The van der Waals surface area contributed by atoms with Gasteiger partial charge in [-0.15, -0.1) is 11.3 Å². The first-order valence-electron chi connectivity index (χ1n) is 4.60. The zero-order valence-corrected chi connectivity index (χ0v) is 9.90. The Morgan fingerprint density at radius 3 is 2.93 bits per heavy atom. The maximum atomic E-state index is 5.95. The second-order valence-electron chi connectivity index (χ2n) is 3.41. The normalized spacial score (nSPS) is 10.5. The predicted octanol–water partition coefficient (Wildman–Crippen LogP) is 3.28. The topological polar surface area (TPSA) is 38.9 Å². The minimum Gasteiger partial charge on any atom is -0.375 e. The second kappa shape index (κ2) is 4.21. The Morgan fingerprint density at radius 2 is 2.27 bits per heavy atom. The van der Waals surface area contributed by atoms with E-state index in [-0.39, 0.29) is 0 Å². The highest BCUT2D eigenvalue weighted by atomic mass is 35.5. The first-order valence-corrected chi connectivity index (χ1v) is 5.80. The lowest BCUT2D eigenvalue weighted by Crippen LogP contribution is -1.89. The highest BCUT2D eigenvalue weighted by molar-refractivity contribution is 7.15. The highest BCUT2D eigenvalue weighted by Gasteiger charge is 2.04. The van der Waals surface area contributed by atoms with Gasteiger partial charge < -0.3 is 5.73 Å². The fourth-order valence-electron chi connectivity index (χ4n) is 1.42. The van der Waals surface area contributed by atoms with Gasteiger partial charge in [0, 0.05) is 22.5 Å². The number of nitrogens with zero attached hydrogens (tertiary/aromatic N) is 1. The number of hydrogen-bond acceptors (Lipinski definition) is 3. The largest absolute Gasteiger partial charge is 0.375 e. The Hall–Kier alpha value is -1.06. The van der Waals surface area contributed by atoms with Crippen molar-refractivity contribution in [2.75, 3.05) is 5.73 Å². The van der Waals surface area contributed by atoms with Crippen molar-refractivity contribution in [1.29, 1.82) is 0 Å². The zero-order chi connectivity index (χ0) is 10.8. The summed E-state index contributed by atoms with van der Waals surface area (Å²) < 4.78 is 0. The molecule has 0 unspecified atom stereocenters. The molecule has 0 bridgehead atoms. The number of nitrogen functional groups attached to an aromatic ring is 1. The SMILES string of the molecule is Cc1ccc(Cl)cc1Cc1cnc(N)s1. The summed E-state index contributed by atoms with van der Waals surface area (Å²) in [5, 5.41) is 1.39. The maximum Gasteiger partial charge on any atom is 0.180 e. The molecule has 0 amide bonds. The molecular weight excluding hydrogens is 228 g/mol. The molecule has 2 nitrogen and oxygen atoms in total. The highest BCUT2D eigenvalue weighted by Crippen LogP contribution is 2.22. The van der Waals surface area contributed by atoms with Crippen molar-refractivity contribution in [3.05, 3.63) is 45.4 Å². The predicted molar refractivity (Wildman–Crippen MR) is 65.5 cm³/mol. The Kier molecular flexibility index (Phi) is 2.93. The third-order valence-corrected chi connectivity index (χ3v) is 3.31. The number of rotatable bonds is 2. The van der Waals surface area contributed by atoms with Crippen molar-refractivity contribution in [1.82, 2.24) is 4.98 Å². The fourth-order valence-corrected chi connectivity index (χ4v) is 2.32. The number of hydrogen-bond donors (Lipinski definition) is 1. The van der Waals surface area contributed by atoms with Crippen LogP contribution in [0.4, 0.5) is 5.13 Å². The number of thiazole rings is 1. The molecule has 0 spiro atoms. The van der Waals surface area contributed by atoms with Crippen LogP contribution in [0.15, 0.2) is 24.4 Å². The van der Waals surface area contributed by atoms with E-state index in [1.54, 1.807) is 0 Å². The fraction of sp³-hybridized carbons (Fsp3) is 0.182. The minimum absolute atomic E-state index is 0.615. The smallest absolute Gasteiger partial charge is 0.180 e. The van der Waals surface area contributed by atoms with Gasteiger partial charge in [-0.25, -0.2) is 4.98 Å². The first-order chi connectivity index (χ1) is 7.15.